The van der Waals surface area contributed by atoms with Gasteiger partial charge in [-0.25, -0.2) is 0 Å². The van der Waals surface area contributed by atoms with Crippen molar-refractivity contribution in [3.8, 4) is 0 Å². The van der Waals surface area contributed by atoms with Crippen molar-refractivity contribution in [2.75, 3.05) is 12.3 Å². The Hall–Kier alpha value is -1.97. The summed E-state index contributed by atoms with van der Waals surface area (Å²) >= 11 is 0. The van der Waals surface area contributed by atoms with E-state index in [2.05, 4.69) is 20.8 Å². The fourth-order valence-corrected chi connectivity index (χ4v) is 12.1. The van der Waals surface area contributed by atoms with Crippen LogP contribution in [0.15, 0.2) is 0 Å². The zero-order valence-electron chi connectivity index (χ0n) is 26.9. The third kappa shape index (κ3) is 7.78. The Morgan fingerprint density at radius 3 is 2.20 bits per heavy atom. The first kappa shape index (κ1) is 35.9. The van der Waals surface area contributed by atoms with Crippen molar-refractivity contribution in [2.45, 2.75) is 116 Å². The van der Waals surface area contributed by atoms with Crippen LogP contribution >= 0.6 is 7.37 Å². The Bertz CT molecular complexity index is 1170. The first-order valence-electron chi connectivity index (χ1n) is 16.8. The van der Waals surface area contributed by atoms with E-state index in [1.807, 2.05) is 0 Å². The zero-order chi connectivity index (χ0) is 33.3. The average molecular weight is 657 g/mol. The summed E-state index contributed by atoms with van der Waals surface area (Å²) in [6.45, 7) is 6.74. The SMILES string of the molecule is C[C@H](CCC(=O)O)C1CCC2C3CC[C@@H]4C[C@H](OC(=O)CCP(=O)(O)CC(CCC(=O)O)C(=O)O)CC[C@]4(C)C3C[C@H](O)[C@@]21C. The molecule has 0 heterocycles. The molecule has 5 N–H and O–H groups in total. The van der Waals surface area contributed by atoms with Crippen LogP contribution < -0.4 is 0 Å². The maximum absolute atomic E-state index is 12.7. The van der Waals surface area contributed by atoms with Gasteiger partial charge >= 0.3 is 23.9 Å². The molecule has 11 nitrogen and oxygen atoms in total. The largest absolute Gasteiger partial charge is 0.481 e. The maximum Gasteiger partial charge on any atom is 0.307 e. The normalized spacial score (nSPS) is 38.5. The molecule has 0 radical (unpaired) electrons. The molecule has 12 atom stereocenters. The van der Waals surface area contributed by atoms with Gasteiger partial charge < -0.3 is 30.1 Å². The molecule has 0 amide bonds. The van der Waals surface area contributed by atoms with Crippen LogP contribution in [-0.2, 0) is 28.5 Å². The average Bonchev–Trinajstić information content (AvgIpc) is 3.32. The van der Waals surface area contributed by atoms with Gasteiger partial charge in [0.25, 0.3) is 0 Å². The monoisotopic (exact) mass is 656 g/mol. The van der Waals surface area contributed by atoms with Gasteiger partial charge in [-0.15, -0.1) is 0 Å². The number of carbonyl (C=O) groups excluding carboxylic acids is 1. The molecule has 0 aromatic carbocycles. The molecule has 0 aliphatic heterocycles. The molecule has 0 saturated heterocycles. The number of rotatable bonds is 14. The number of aliphatic carboxylic acids is 3. The number of hydrogen-bond donors (Lipinski definition) is 5. The highest BCUT2D eigenvalue weighted by Crippen LogP contribution is 2.68. The molecule has 4 aliphatic carbocycles. The smallest absolute Gasteiger partial charge is 0.307 e. The number of fused-ring (bicyclic) bond motifs is 5. The van der Waals surface area contributed by atoms with Crippen molar-refractivity contribution in [1.29, 1.82) is 0 Å². The van der Waals surface area contributed by atoms with Crippen LogP contribution in [0.2, 0.25) is 0 Å². The van der Waals surface area contributed by atoms with Crippen LogP contribution in [0, 0.1) is 52.3 Å². The lowest BCUT2D eigenvalue weighted by Crippen LogP contribution is -2.59. The summed E-state index contributed by atoms with van der Waals surface area (Å²) < 4.78 is 18.5. The lowest BCUT2D eigenvalue weighted by Gasteiger charge is -2.62. The van der Waals surface area contributed by atoms with Crippen molar-refractivity contribution in [3.63, 3.8) is 0 Å². The summed E-state index contributed by atoms with van der Waals surface area (Å²) in [5, 5.41) is 39.1. The molecular formula is C33H53O11P. The topological polar surface area (TPSA) is 196 Å². The number of aliphatic hydroxyl groups is 1. The first-order valence-corrected chi connectivity index (χ1v) is 18.9. The highest BCUT2D eigenvalue weighted by molar-refractivity contribution is 7.58. The minimum atomic E-state index is -3.98. The van der Waals surface area contributed by atoms with Gasteiger partial charge in [-0.2, -0.15) is 0 Å². The van der Waals surface area contributed by atoms with Gasteiger partial charge in [0, 0.05) is 25.2 Å². The second kappa shape index (κ2) is 14.0. The van der Waals surface area contributed by atoms with Crippen molar-refractivity contribution in [3.05, 3.63) is 0 Å². The fourth-order valence-electron chi connectivity index (χ4n) is 10.3. The zero-order valence-corrected chi connectivity index (χ0v) is 27.8. The van der Waals surface area contributed by atoms with Crippen molar-refractivity contribution >= 4 is 31.2 Å². The third-order valence-corrected chi connectivity index (χ3v) is 14.8. The molecular weight excluding hydrogens is 603 g/mol. The van der Waals surface area contributed by atoms with Crippen LogP contribution in [0.25, 0.3) is 0 Å². The fraction of sp³-hybridized carbons (Fsp3) is 0.879. The second-order valence-electron chi connectivity index (χ2n) is 15.2. The van der Waals surface area contributed by atoms with Crippen LogP contribution in [0.5, 0.6) is 0 Å². The lowest BCUT2D eigenvalue weighted by atomic mass is 9.43. The number of ether oxygens (including phenoxy) is 1. The molecule has 0 aromatic rings. The number of carbonyl (C=O) groups is 4. The molecule has 4 aliphatic rings. The Morgan fingerprint density at radius 2 is 1.56 bits per heavy atom. The van der Waals surface area contributed by atoms with Crippen molar-refractivity contribution in [2.24, 2.45) is 52.3 Å². The van der Waals surface area contributed by atoms with Crippen LogP contribution in [-0.4, -0.2) is 73.7 Å². The Balaban J connectivity index is 1.32. The summed E-state index contributed by atoms with van der Waals surface area (Å²) in [4.78, 5) is 56.5. The van der Waals surface area contributed by atoms with Gasteiger partial charge in [-0.1, -0.05) is 20.8 Å². The summed E-state index contributed by atoms with van der Waals surface area (Å²) in [5.74, 6) is -2.95. The van der Waals surface area contributed by atoms with E-state index in [-0.39, 0.29) is 42.1 Å². The van der Waals surface area contributed by atoms with Crippen molar-refractivity contribution in [1.82, 2.24) is 0 Å². The van der Waals surface area contributed by atoms with Crippen LogP contribution in [0.4, 0.5) is 0 Å². The van der Waals surface area contributed by atoms with E-state index in [1.54, 1.807) is 0 Å². The molecule has 0 spiro atoms. The van der Waals surface area contributed by atoms with Gasteiger partial charge in [-0.05, 0) is 111 Å². The highest BCUT2D eigenvalue weighted by atomic mass is 31.2. The van der Waals surface area contributed by atoms with Crippen molar-refractivity contribution < 1.29 is 53.8 Å². The molecule has 6 unspecified atom stereocenters. The molecule has 256 valence electrons. The van der Waals surface area contributed by atoms with E-state index in [0.717, 1.165) is 38.5 Å². The Kier molecular flexibility index (Phi) is 11.2. The predicted octanol–water partition coefficient (Wildman–Crippen LogP) is 5.25. The number of carboxylic acids is 3. The maximum atomic E-state index is 12.7. The standard InChI is InChI=1S/C33H53O11P/c1-19(4-10-28(35)36)24-8-9-25-23-7-6-21-16-22(12-14-32(21,2)26(23)17-27(34)33(24,25)3)44-30(39)13-15-45(42,43)18-20(31(40)41)5-11-29(37)38/h19-27,34H,4-18H2,1-3H3,(H,35,36)(H,37,38)(H,40,41)(H,42,43)/t19-,20?,21-,22-,23?,24?,25?,26?,27+,32+,33-/m1/s1. The second-order valence-corrected chi connectivity index (χ2v) is 17.7. The quantitative estimate of drug-likeness (QED) is 0.121. The van der Waals surface area contributed by atoms with Gasteiger partial charge in [-0.3, -0.25) is 23.7 Å². The van der Waals surface area contributed by atoms with Gasteiger partial charge in [0.2, 0.25) is 7.37 Å². The molecule has 0 bridgehead atoms. The molecule has 45 heavy (non-hydrogen) atoms. The highest BCUT2D eigenvalue weighted by Gasteiger charge is 2.63. The van der Waals surface area contributed by atoms with E-state index in [1.165, 1.54) is 0 Å². The van der Waals surface area contributed by atoms with E-state index in [0.29, 0.717) is 48.9 Å². The first-order chi connectivity index (χ1) is 21.0. The van der Waals surface area contributed by atoms with Gasteiger partial charge in [0.05, 0.1) is 18.4 Å². The van der Waals surface area contributed by atoms with Crippen LogP contribution in [0.1, 0.15) is 104 Å². The molecule has 12 heteroatoms. The number of aliphatic hydroxyl groups excluding tert-OH is 1. The van der Waals surface area contributed by atoms with E-state index >= 15 is 0 Å². The van der Waals surface area contributed by atoms with E-state index in [4.69, 9.17) is 9.84 Å². The minimum Gasteiger partial charge on any atom is -0.481 e. The lowest BCUT2D eigenvalue weighted by molar-refractivity contribution is -0.181. The Labute approximate surface area is 266 Å². The van der Waals surface area contributed by atoms with E-state index in [9.17, 15) is 44.0 Å². The van der Waals surface area contributed by atoms with Gasteiger partial charge in [0.1, 0.15) is 6.10 Å². The third-order valence-electron chi connectivity index (χ3n) is 12.8. The number of esters is 1. The summed E-state index contributed by atoms with van der Waals surface area (Å²) in [5.41, 5.74) is -0.189. The predicted molar refractivity (Wildman–Crippen MR) is 165 cm³/mol. The van der Waals surface area contributed by atoms with Gasteiger partial charge in [0.15, 0.2) is 0 Å². The van der Waals surface area contributed by atoms with Crippen LogP contribution in [0.3, 0.4) is 0 Å². The number of carboxylic acid groups (broad SMARTS) is 3. The molecule has 4 fully saturated rings. The molecule has 4 rings (SSSR count). The molecule has 4 saturated carbocycles. The number of hydrogen-bond acceptors (Lipinski definition) is 7. The minimum absolute atomic E-state index is 0.0176. The summed E-state index contributed by atoms with van der Waals surface area (Å²) in [7, 11) is -3.98. The molecule has 0 aromatic heterocycles. The Morgan fingerprint density at radius 1 is 0.889 bits per heavy atom. The van der Waals surface area contributed by atoms with E-state index < -0.39 is 62.0 Å². The summed E-state index contributed by atoms with van der Waals surface area (Å²) in [6, 6.07) is 0. The summed E-state index contributed by atoms with van der Waals surface area (Å²) in [6.07, 6.45) is 5.28.